The van der Waals surface area contributed by atoms with Gasteiger partial charge in [0.2, 0.25) is 10.0 Å². The number of carbonyl (C=O) groups excluding carboxylic acids is 1. The van der Waals surface area contributed by atoms with E-state index < -0.39 is 10.0 Å². The Labute approximate surface area is 118 Å². The lowest BCUT2D eigenvalue weighted by atomic mass is 10.2. The molecule has 1 saturated carbocycles. The number of aryl methyl sites for hydroxylation is 1. The molecule has 0 bridgehead atoms. The van der Waals surface area contributed by atoms with Gasteiger partial charge in [-0.25, -0.2) is 13.1 Å². The van der Waals surface area contributed by atoms with E-state index in [0.717, 1.165) is 12.8 Å². The summed E-state index contributed by atoms with van der Waals surface area (Å²) in [4.78, 5) is 11.6. The van der Waals surface area contributed by atoms with Gasteiger partial charge in [-0.1, -0.05) is 0 Å². The van der Waals surface area contributed by atoms with E-state index in [2.05, 4.69) is 10.0 Å². The highest BCUT2D eigenvalue weighted by atomic mass is 32.2. The first-order chi connectivity index (χ1) is 9.35. The third-order valence-electron chi connectivity index (χ3n) is 3.49. The fourth-order valence-corrected chi connectivity index (χ4v) is 3.16. The van der Waals surface area contributed by atoms with E-state index in [1.165, 1.54) is 23.9 Å². The maximum Gasteiger partial charge on any atom is 0.267 e. The third-order valence-corrected chi connectivity index (χ3v) is 4.88. The molecule has 1 atom stereocenters. The van der Waals surface area contributed by atoms with E-state index in [1.54, 1.807) is 7.05 Å². The summed E-state index contributed by atoms with van der Waals surface area (Å²) in [7, 11) is -0.514. The molecule has 0 spiro atoms. The molecule has 4 N–H and O–H groups in total. The zero-order valence-electron chi connectivity index (χ0n) is 11.6. The van der Waals surface area contributed by atoms with Crippen LogP contribution in [0.4, 0.5) is 0 Å². The number of aromatic nitrogens is 1. The van der Waals surface area contributed by atoms with Gasteiger partial charge in [0, 0.05) is 32.9 Å². The molecule has 0 radical (unpaired) electrons. The maximum atomic E-state index is 12.1. The first-order valence-electron chi connectivity index (χ1n) is 6.49. The molecular formula is C12H20N4O3S. The lowest BCUT2D eigenvalue weighted by molar-refractivity contribution is 0.0955. The first kappa shape index (κ1) is 15.0. The lowest BCUT2D eigenvalue weighted by Crippen LogP contribution is -2.38. The van der Waals surface area contributed by atoms with Crippen LogP contribution in [0.5, 0.6) is 0 Å². The van der Waals surface area contributed by atoms with Gasteiger partial charge in [-0.05, 0) is 24.8 Å². The monoisotopic (exact) mass is 300 g/mol. The Bertz CT molecular complexity index is 604. The van der Waals surface area contributed by atoms with E-state index in [0.29, 0.717) is 11.6 Å². The normalized spacial score (nSPS) is 16.9. The van der Waals surface area contributed by atoms with Crippen molar-refractivity contribution in [3.05, 3.63) is 18.0 Å². The number of hydrogen-bond acceptors (Lipinski definition) is 4. The molecule has 0 aromatic carbocycles. The van der Waals surface area contributed by atoms with Gasteiger partial charge < -0.3 is 15.6 Å². The number of sulfonamides is 1. The number of nitrogens with one attached hydrogen (secondary N) is 2. The Morgan fingerprint density at radius 3 is 2.75 bits per heavy atom. The SMILES string of the molecule is CNC(=O)c1cc(S(=O)(=O)NCC(N)C2CC2)cn1C. The summed E-state index contributed by atoms with van der Waals surface area (Å²) < 4.78 is 28.3. The van der Waals surface area contributed by atoms with Gasteiger partial charge >= 0.3 is 0 Å². The minimum Gasteiger partial charge on any atom is -0.354 e. The Morgan fingerprint density at radius 2 is 2.20 bits per heavy atom. The Kier molecular flexibility index (Phi) is 4.17. The average Bonchev–Trinajstić information content (AvgIpc) is 3.18. The van der Waals surface area contributed by atoms with Crippen LogP contribution in [0.15, 0.2) is 17.2 Å². The van der Waals surface area contributed by atoms with Gasteiger partial charge in [-0.15, -0.1) is 0 Å². The number of amides is 1. The van der Waals surface area contributed by atoms with Gasteiger partial charge in [-0.3, -0.25) is 4.79 Å². The van der Waals surface area contributed by atoms with Gasteiger partial charge in [0.25, 0.3) is 5.91 Å². The predicted octanol–water partition coefficient (Wildman–Crippen LogP) is -0.600. The molecule has 112 valence electrons. The van der Waals surface area contributed by atoms with Crippen molar-refractivity contribution in [1.82, 2.24) is 14.6 Å². The Morgan fingerprint density at radius 1 is 1.55 bits per heavy atom. The predicted molar refractivity (Wildman–Crippen MR) is 74.7 cm³/mol. The summed E-state index contributed by atoms with van der Waals surface area (Å²) >= 11 is 0. The third kappa shape index (κ3) is 3.20. The molecule has 1 heterocycles. The van der Waals surface area contributed by atoms with Crippen molar-refractivity contribution in [3.8, 4) is 0 Å². The van der Waals surface area contributed by atoms with Gasteiger partial charge in [0.15, 0.2) is 0 Å². The van der Waals surface area contributed by atoms with Crippen LogP contribution >= 0.6 is 0 Å². The second-order valence-electron chi connectivity index (χ2n) is 5.10. The Hall–Kier alpha value is -1.38. The number of rotatable bonds is 6. The minimum absolute atomic E-state index is 0.0709. The second-order valence-corrected chi connectivity index (χ2v) is 6.87. The largest absolute Gasteiger partial charge is 0.354 e. The van der Waals surface area contributed by atoms with E-state index in [1.807, 2.05) is 0 Å². The fraction of sp³-hybridized carbons (Fsp3) is 0.583. The maximum absolute atomic E-state index is 12.1. The second kappa shape index (κ2) is 5.55. The molecule has 2 rings (SSSR count). The summed E-state index contributed by atoms with van der Waals surface area (Å²) in [6, 6.07) is 1.20. The van der Waals surface area contributed by atoms with Gasteiger partial charge in [-0.2, -0.15) is 0 Å². The molecule has 1 aliphatic rings. The topological polar surface area (TPSA) is 106 Å². The van der Waals surface area contributed by atoms with Crippen LogP contribution in [0.25, 0.3) is 0 Å². The van der Waals surface area contributed by atoms with Crippen LogP contribution in [0.1, 0.15) is 23.3 Å². The summed E-state index contributed by atoms with van der Waals surface area (Å²) in [6.45, 7) is 0.219. The van der Waals surface area contributed by atoms with Crippen molar-refractivity contribution in [1.29, 1.82) is 0 Å². The highest BCUT2D eigenvalue weighted by molar-refractivity contribution is 7.89. The smallest absolute Gasteiger partial charge is 0.267 e. The molecule has 1 fully saturated rings. The van der Waals surface area contributed by atoms with Crippen molar-refractivity contribution in [2.24, 2.45) is 18.7 Å². The van der Waals surface area contributed by atoms with Crippen LogP contribution in [0.3, 0.4) is 0 Å². The Balaban J connectivity index is 2.10. The van der Waals surface area contributed by atoms with Crippen molar-refractivity contribution in [2.75, 3.05) is 13.6 Å². The van der Waals surface area contributed by atoms with Crippen LogP contribution in [-0.4, -0.2) is 38.5 Å². The van der Waals surface area contributed by atoms with E-state index in [9.17, 15) is 13.2 Å². The number of nitrogens with zero attached hydrogens (tertiary/aromatic N) is 1. The molecular weight excluding hydrogens is 280 g/mol. The van der Waals surface area contributed by atoms with Crippen molar-refractivity contribution >= 4 is 15.9 Å². The van der Waals surface area contributed by atoms with E-state index in [-0.39, 0.29) is 23.4 Å². The molecule has 1 aromatic heterocycles. The molecule has 1 aromatic rings. The zero-order valence-corrected chi connectivity index (χ0v) is 12.4. The number of carbonyl (C=O) groups is 1. The van der Waals surface area contributed by atoms with Crippen LogP contribution < -0.4 is 15.8 Å². The van der Waals surface area contributed by atoms with E-state index in [4.69, 9.17) is 5.73 Å². The molecule has 0 aliphatic heterocycles. The molecule has 0 saturated heterocycles. The van der Waals surface area contributed by atoms with Crippen LogP contribution in [0, 0.1) is 5.92 Å². The molecule has 1 amide bonds. The lowest BCUT2D eigenvalue weighted by Gasteiger charge is -2.11. The average molecular weight is 300 g/mol. The highest BCUT2D eigenvalue weighted by Crippen LogP contribution is 2.31. The molecule has 8 heteroatoms. The summed E-state index contributed by atoms with van der Waals surface area (Å²) in [5.74, 6) is 0.0959. The summed E-state index contributed by atoms with van der Waals surface area (Å²) in [6.07, 6.45) is 3.54. The van der Waals surface area contributed by atoms with Gasteiger partial charge in [0.1, 0.15) is 10.6 Å². The van der Waals surface area contributed by atoms with Crippen molar-refractivity contribution < 1.29 is 13.2 Å². The first-order valence-corrected chi connectivity index (χ1v) is 7.97. The molecule has 20 heavy (non-hydrogen) atoms. The van der Waals surface area contributed by atoms with Crippen LogP contribution in [0.2, 0.25) is 0 Å². The van der Waals surface area contributed by atoms with Crippen molar-refractivity contribution in [2.45, 2.75) is 23.8 Å². The van der Waals surface area contributed by atoms with Crippen molar-refractivity contribution in [3.63, 3.8) is 0 Å². The summed E-state index contributed by atoms with van der Waals surface area (Å²) in [5, 5.41) is 2.47. The molecule has 7 nitrogen and oxygen atoms in total. The fourth-order valence-electron chi connectivity index (χ4n) is 2.02. The standard InChI is InChI=1S/C12H20N4O3S/c1-14-12(17)11-5-9(7-16(11)2)20(18,19)15-6-10(13)8-3-4-8/h5,7-8,10,15H,3-4,6,13H2,1-2H3,(H,14,17). The molecule has 1 aliphatic carbocycles. The van der Waals surface area contributed by atoms with E-state index >= 15 is 0 Å². The zero-order chi connectivity index (χ0) is 14.9. The molecule has 1 unspecified atom stereocenters. The summed E-state index contributed by atoms with van der Waals surface area (Å²) in [5.41, 5.74) is 6.16. The quantitative estimate of drug-likeness (QED) is 0.652. The van der Waals surface area contributed by atoms with Crippen LogP contribution in [-0.2, 0) is 17.1 Å². The minimum atomic E-state index is -3.64. The van der Waals surface area contributed by atoms with Gasteiger partial charge in [0.05, 0.1) is 0 Å². The highest BCUT2D eigenvalue weighted by Gasteiger charge is 2.29. The number of nitrogens with two attached hydrogens (primary N) is 1. The number of hydrogen-bond donors (Lipinski definition) is 3.